The molecule has 0 saturated carbocycles. The van der Waals surface area contributed by atoms with Gasteiger partial charge >= 0.3 is 0 Å². The van der Waals surface area contributed by atoms with Gasteiger partial charge in [0.2, 0.25) is 0 Å². The highest BCUT2D eigenvalue weighted by atomic mass is 35.5. The summed E-state index contributed by atoms with van der Waals surface area (Å²) >= 11 is 5.53. The van der Waals surface area contributed by atoms with Crippen molar-refractivity contribution in [2.24, 2.45) is 0 Å². The van der Waals surface area contributed by atoms with Crippen molar-refractivity contribution in [1.29, 1.82) is 5.26 Å². The molecule has 6 heteroatoms. The summed E-state index contributed by atoms with van der Waals surface area (Å²) in [5, 5.41) is 14.6. The van der Waals surface area contributed by atoms with E-state index >= 15 is 0 Å². The van der Waals surface area contributed by atoms with Gasteiger partial charge in [-0.1, -0.05) is 6.07 Å². The van der Waals surface area contributed by atoms with E-state index in [0.29, 0.717) is 18.8 Å². The van der Waals surface area contributed by atoms with E-state index in [1.54, 1.807) is 0 Å². The maximum Gasteiger partial charge on any atom is 0.263 e. The number of anilines is 2. The number of benzene rings is 1. The van der Waals surface area contributed by atoms with Gasteiger partial charge in [0.05, 0.1) is 0 Å². The second-order valence-corrected chi connectivity index (χ2v) is 4.94. The van der Waals surface area contributed by atoms with Crippen molar-refractivity contribution in [3.63, 3.8) is 0 Å². The lowest BCUT2D eigenvalue weighted by Crippen LogP contribution is -2.26. The first-order chi connectivity index (χ1) is 10.1. The van der Waals surface area contributed by atoms with Crippen LogP contribution >= 0.6 is 11.6 Å². The second kappa shape index (κ2) is 8.88. The highest BCUT2D eigenvalue weighted by Crippen LogP contribution is 2.17. The topological polar surface area (TPSA) is 68.2 Å². The predicted molar refractivity (Wildman–Crippen MR) is 86.4 cm³/mol. The van der Waals surface area contributed by atoms with Crippen molar-refractivity contribution < 1.29 is 4.79 Å². The summed E-state index contributed by atoms with van der Waals surface area (Å²) in [6.45, 7) is 0.456. The lowest BCUT2D eigenvalue weighted by atomic mass is 10.2. The van der Waals surface area contributed by atoms with Crippen LogP contribution in [0.5, 0.6) is 0 Å². The van der Waals surface area contributed by atoms with E-state index in [4.69, 9.17) is 16.9 Å². The third kappa shape index (κ3) is 5.76. The van der Waals surface area contributed by atoms with E-state index in [0.717, 1.165) is 11.4 Å². The minimum atomic E-state index is -0.404. The van der Waals surface area contributed by atoms with Gasteiger partial charge in [-0.05, 0) is 24.6 Å². The van der Waals surface area contributed by atoms with Gasteiger partial charge in [-0.3, -0.25) is 4.79 Å². The Morgan fingerprint density at radius 1 is 1.48 bits per heavy atom. The summed E-state index contributed by atoms with van der Waals surface area (Å²) < 4.78 is 0. The van der Waals surface area contributed by atoms with Crippen LogP contribution in [0.3, 0.4) is 0 Å². The quantitative estimate of drug-likeness (QED) is 0.351. The van der Waals surface area contributed by atoms with Gasteiger partial charge in [-0.25, -0.2) is 0 Å². The molecule has 2 N–H and O–H groups in total. The second-order valence-electron chi connectivity index (χ2n) is 4.56. The minimum Gasteiger partial charge on any atom is -0.378 e. The normalized spacial score (nSPS) is 10.7. The van der Waals surface area contributed by atoms with Crippen LogP contribution in [0.2, 0.25) is 0 Å². The number of rotatable bonds is 7. The molecule has 0 heterocycles. The van der Waals surface area contributed by atoms with Crippen LogP contribution in [-0.4, -0.2) is 32.4 Å². The maximum absolute atomic E-state index is 11.8. The lowest BCUT2D eigenvalue weighted by molar-refractivity contribution is -0.117. The van der Waals surface area contributed by atoms with Crippen molar-refractivity contribution >= 4 is 28.9 Å². The molecular formula is C15H19ClN4O. The third-order valence-corrected chi connectivity index (χ3v) is 2.97. The number of amides is 1. The molecule has 0 fully saturated rings. The Morgan fingerprint density at radius 2 is 2.24 bits per heavy atom. The number of nitriles is 1. The van der Waals surface area contributed by atoms with Crippen LogP contribution in [0.15, 0.2) is 36.0 Å². The number of nitrogens with one attached hydrogen (secondary N) is 2. The summed E-state index contributed by atoms with van der Waals surface area (Å²) in [5.74, 6) is 0.0699. The van der Waals surface area contributed by atoms with Gasteiger partial charge in [0.1, 0.15) is 11.6 Å². The highest BCUT2D eigenvalue weighted by Gasteiger charge is 2.07. The van der Waals surface area contributed by atoms with Gasteiger partial charge in [0.25, 0.3) is 5.91 Å². The minimum absolute atomic E-state index is 0.0276. The Balaban J connectivity index is 2.70. The lowest BCUT2D eigenvalue weighted by Gasteiger charge is -2.13. The average Bonchev–Trinajstić information content (AvgIpc) is 2.48. The van der Waals surface area contributed by atoms with E-state index in [2.05, 4.69) is 10.6 Å². The molecule has 0 aliphatic carbocycles. The number of carbonyl (C=O) groups excluding carboxylic acids is 1. The Labute approximate surface area is 130 Å². The van der Waals surface area contributed by atoms with Crippen LogP contribution in [-0.2, 0) is 4.79 Å². The van der Waals surface area contributed by atoms with Crippen molar-refractivity contribution in [3.05, 3.63) is 36.0 Å². The molecule has 0 atom stereocenters. The van der Waals surface area contributed by atoms with Crippen LogP contribution in [0.1, 0.15) is 6.42 Å². The summed E-state index contributed by atoms with van der Waals surface area (Å²) in [4.78, 5) is 13.7. The molecule has 1 aromatic rings. The number of hydrogen-bond acceptors (Lipinski definition) is 4. The number of nitrogens with zero attached hydrogens (tertiary/aromatic N) is 2. The number of hydrogen-bond donors (Lipinski definition) is 2. The number of halogens is 1. The van der Waals surface area contributed by atoms with Crippen molar-refractivity contribution in [2.45, 2.75) is 6.42 Å². The van der Waals surface area contributed by atoms with E-state index in [9.17, 15) is 4.79 Å². The molecule has 112 valence electrons. The first kappa shape index (κ1) is 16.9. The Bertz CT molecular complexity index is 549. The van der Waals surface area contributed by atoms with Gasteiger partial charge in [-0.15, -0.1) is 11.6 Å². The number of alkyl halides is 1. The molecular weight excluding hydrogens is 288 g/mol. The van der Waals surface area contributed by atoms with Gasteiger partial charge < -0.3 is 15.5 Å². The molecule has 1 rings (SSSR count). The summed E-state index contributed by atoms with van der Waals surface area (Å²) in [6.07, 6.45) is 2.08. The summed E-state index contributed by atoms with van der Waals surface area (Å²) in [6, 6.07) is 9.54. The molecule has 0 aliphatic heterocycles. The Morgan fingerprint density at radius 3 is 2.86 bits per heavy atom. The zero-order chi connectivity index (χ0) is 15.7. The molecule has 1 aromatic carbocycles. The smallest absolute Gasteiger partial charge is 0.263 e. The monoisotopic (exact) mass is 306 g/mol. The highest BCUT2D eigenvalue weighted by molar-refractivity contribution is 6.17. The largest absolute Gasteiger partial charge is 0.378 e. The van der Waals surface area contributed by atoms with E-state index in [-0.39, 0.29) is 5.57 Å². The maximum atomic E-state index is 11.8. The third-order valence-electron chi connectivity index (χ3n) is 2.71. The van der Waals surface area contributed by atoms with Gasteiger partial charge in [0, 0.05) is 44.1 Å². The van der Waals surface area contributed by atoms with Crippen LogP contribution in [0, 0.1) is 11.3 Å². The van der Waals surface area contributed by atoms with Gasteiger partial charge in [-0.2, -0.15) is 5.26 Å². The fraction of sp³-hybridized carbons (Fsp3) is 0.333. The fourth-order valence-corrected chi connectivity index (χ4v) is 1.68. The van der Waals surface area contributed by atoms with E-state index < -0.39 is 5.91 Å². The molecule has 0 spiro atoms. The summed E-state index contributed by atoms with van der Waals surface area (Å²) in [5.41, 5.74) is 1.86. The van der Waals surface area contributed by atoms with Crippen LogP contribution in [0.4, 0.5) is 11.4 Å². The molecule has 0 bridgehead atoms. The molecule has 0 saturated heterocycles. The SMILES string of the molecule is CN(C)c1cccc(N/C=C(/C#N)C(=O)NCCCCl)c1. The van der Waals surface area contributed by atoms with Crippen molar-refractivity contribution in [1.82, 2.24) is 5.32 Å². The number of carbonyl (C=O) groups is 1. The average molecular weight is 307 g/mol. The standard InChI is InChI=1S/C15H19ClN4O/c1-20(2)14-6-3-5-13(9-14)19-11-12(10-17)15(21)18-8-4-7-16/h3,5-6,9,11,19H,4,7-8H2,1-2H3,(H,18,21)/b12-11-. The zero-order valence-electron chi connectivity index (χ0n) is 12.2. The van der Waals surface area contributed by atoms with Crippen LogP contribution < -0.4 is 15.5 Å². The summed E-state index contributed by atoms with van der Waals surface area (Å²) in [7, 11) is 3.89. The van der Waals surface area contributed by atoms with E-state index in [1.165, 1.54) is 6.20 Å². The fourth-order valence-electron chi connectivity index (χ4n) is 1.54. The molecule has 5 nitrogen and oxygen atoms in total. The first-order valence-electron chi connectivity index (χ1n) is 6.57. The van der Waals surface area contributed by atoms with Crippen LogP contribution in [0.25, 0.3) is 0 Å². The molecule has 1 amide bonds. The Kier molecular flexibility index (Phi) is 7.13. The van der Waals surface area contributed by atoms with Crippen molar-refractivity contribution in [3.8, 4) is 6.07 Å². The predicted octanol–water partition coefficient (Wildman–Crippen LogP) is 2.32. The first-order valence-corrected chi connectivity index (χ1v) is 7.10. The molecule has 0 radical (unpaired) electrons. The van der Waals surface area contributed by atoms with E-state index in [1.807, 2.05) is 49.3 Å². The Hall–Kier alpha value is -2.19. The van der Waals surface area contributed by atoms with Crippen molar-refractivity contribution in [2.75, 3.05) is 36.7 Å². The molecule has 21 heavy (non-hydrogen) atoms. The van der Waals surface area contributed by atoms with Gasteiger partial charge in [0.15, 0.2) is 0 Å². The molecule has 0 unspecified atom stereocenters. The zero-order valence-corrected chi connectivity index (χ0v) is 12.9. The molecule has 0 aliphatic rings. The molecule has 0 aromatic heterocycles.